The second-order valence-corrected chi connectivity index (χ2v) is 6.66. The molecule has 1 amide bonds. The molecule has 6 heteroatoms. The van der Waals surface area contributed by atoms with Crippen LogP contribution in [0, 0.1) is 5.82 Å². The Kier molecular flexibility index (Phi) is 4.34. The van der Waals surface area contributed by atoms with E-state index in [-0.39, 0.29) is 11.7 Å². The number of anilines is 2. The predicted octanol–water partition coefficient (Wildman–Crippen LogP) is 3.08. The van der Waals surface area contributed by atoms with Crippen LogP contribution in [0.1, 0.15) is 10.4 Å². The molecule has 0 atom stereocenters. The Bertz CT molecular complexity index is 927. The number of halogens is 1. The van der Waals surface area contributed by atoms with E-state index in [1.165, 1.54) is 12.1 Å². The van der Waals surface area contributed by atoms with Crippen LogP contribution in [0.4, 0.5) is 15.9 Å². The lowest BCUT2D eigenvalue weighted by atomic mass is 10.2. The van der Waals surface area contributed by atoms with Crippen molar-refractivity contribution in [3.05, 3.63) is 66.1 Å². The first-order valence-electron chi connectivity index (χ1n) is 8.72. The number of fused-ring (bicyclic) bond motifs is 1. The Morgan fingerprint density at radius 2 is 1.65 bits per heavy atom. The first-order valence-corrected chi connectivity index (χ1v) is 8.72. The van der Waals surface area contributed by atoms with Crippen molar-refractivity contribution < 1.29 is 9.18 Å². The third-order valence-electron chi connectivity index (χ3n) is 4.82. The molecule has 134 valence electrons. The Morgan fingerprint density at radius 3 is 2.38 bits per heavy atom. The van der Waals surface area contributed by atoms with Gasteiger partial charge >= 0.3 is 0 Å². The van der Waals surface area contributed by atoms with Crippen molar-refractivity contribution in [3.8, 4) is 0 Å². The van der Waals surface area contributed by atoms with Gasteiger partial charge in [0.15, 0.2) is 0 Å². The largest absolute Gasteiger partial charge is 0.355 e. The van der Waals surface area contributed by atoms with Gasteiger partial charge in [-0.1, -0.05) is 0 Å². The molecule has 1 saturated heterocycles. The molecule has 0 spiro atoms. The lowest BCUT2D eigenvalue weighted by Crippen LogP contribution is -2.44. The number of pyridine rings is 1. The van der Waals surface area contributed by atoms with Gasteiger partial charge in [0.1, 0.15) is 11.6 Å². The summed E-state index contributed by atoms with van der Waals surface area (Å²) in [6.45, 7) is 3.99. The van der Waals surface area contributed by atoms with Crippen LogP contribution in [0.15, 0.2) is 54.7 Å². The number of likely N-dealkylation sites (N-methyl/N-ethyl adjacent to an activating group) is 1. The summed E-state index contributed by atoms with van der Waals surface area (Å²) in [6.07, 6.45) is 1.86. The van der Waals surface area contributed by atoms with Gasteiger partial charge in [-0.25, -0.2) is 4.39 Å². The normalized spacial score (nSPS) is 15.4. The Morgan fingerprint density at radius 1 is 0.962 bits per heavy atom. The minimum Gasteiger partial charge on any atom is -0.355 e. The number of hydrogen-bond acceptors (Lipinski definition) is 3. The summed E-state index contributed by atoms with van der Waals surface area (Å²) in [6, 6.07) is 13.7. The van der Waals surface area contributed by atoms with E-state index in [4.69, 9.17) is 0 Å². The van der Waals surface area contributed by atoms with E-state index in [0.29, 0.717) is 11.3 Å². The number of hydrogen-bond donors (Lipinski definition) is 1. The maximum absolute atomic E-state index is 13.0. The van der Waals surface area contributed by atoms with Gasteiger partial charge in [0, 0.05) is 43.6 Å². The fourth-order valence-corrected chi connectivity index (χ4v) is 3.25. The van der Waals surface area contributed by atoms with E-state index >= 15 is 0 Å². The van der Waals surface area contributed by atoms with Gasteiger partial charge in [-0.2, -0.15) is 0 Å². The average Bonchev–Trinajstić information content (AvgIpc) is 3.07. The molecule has 1 fully saturated rings. The van der Waals surface area contributed by atoms with Crippen LogP contribution in [0.3, 0.4) is 0 Å². The minimum atomic E-state index is -0.325. The van der Waals surface area contributed by atoms with Crippen molar-refractivity contribution in [3.63, 3.8) is 0 Å². The molecule has 1 aromatic carbocycles. The number of amides is 1. The molecule has 0 aliphatic carbocycles. The number of carbonyl (C=O) groups excluding carboxylic acids is 1. The molecule has 1 aliphatic rings. The van der Waals surface area contributed by atoms with E-state index in [0.717, 1.165) is 37.5 Å². The molecular weight excluding hydrogens is 331 g/mol. The highest BCUT2D eigenvalue weighted by atomic mass is 19.1. The number of nitrogens with zero attached hydrogens (tertiary/aromatic N) is 3. The molecule has 5 nitrogen and oxygen atoms in total. The monoisotopic (exact) mass is 352 g/mol. The standard InChI is InChI=1S/C20H21FN4O/c1-23-10-12-24(13-11-23)19-9-8-18-7-2-15(14-25(18)19)20(26)22-17-5-3-16(21)4-6-17/h2-9,14H,10-13H2,1H3,(H,22,26). The number of carbonyl (C=O) groups is 1. The van der Waals surface area contributed by atoms with Gasteiger partial charge in [0.25, 0.3) is 5.91 Å². The second-order valence-electron chi connectivity index (χ2n) is 6.66. The first kappa shape index (κ1) is 16.6. The lowest BCUT2D eigenvalue weighted by Gasteiger charge is -2.33. The molecule has 0 radical (unpaired) electrons. The Balaban J connectivity index is 1.59. The minimum absolute atomic E-state index is 0.212. The molecule has 4 rings (SSSR count). The third kappa shape index (κ3) is 3.28. The summed E-state index contributed by atoms with van der Waals surface area (Å²) in [5, 5.41) is 2.81. The van der Waals surface area contributed by atoms with E-state index in [9.17, 15) is 9.18 Å². The molecule has 0 bridgehead atoms. The van der Waals surface area contributed by atoms with E-state index < -0.39 is 0 Å². The topological polar surface area (TPSA) is 40.0 Å². The Hall–Kier alpha value is -2.86. The maximum atomic E-state index is 13.0. The van der Waals surface area contributed by atoms with E-state index in [1.54, 1.807) is 12.1 Å². The first-order chi connectivity index (χ1) is 12.6. The van der Waals surface area contributed by atoms with E-state index in [1.807, 2.05) is 18.3 Å². The molecule has 0 saturated carbocycles. The highest BCUT2D eigenvalue weighted by Crippen LogP contribution is 2.22. The van der Waals surface area contributed by atoms with E-state index in [2.05, 4.69) is 38.7 Å². The zero-order chi connectivity index (χ0) is 18.1. The third-order valence-corrected chi connectivity index (χ3v) is 4.82. The number of piperazine rings is 1. The molecule has 3 heterocycles. The summed E-state index contributed by atoms with van der Waals surface area (Å²) in [4.78, 5) is 17.2. The molecule has 3 aromatic rings. The zero-order valence-electron chi connectivity index (χ0n) is 14.7. The summed E-state index contributed by atoms with van der Waals surface area (Å²) in [5.74, 6) is 0.564. The van der Waals surface area contributed by atoms with Crippen LogP contribution in [0.2, 0.25) is 0 Å². The number of benzene rings is 1. The van der Waals surface area contributed by atoms with Gasteiger partial charge < -0.3 is 19.5 Å². The van der Waals surface area contributed by atoms with Crippen LogP contribution in [-0.2, 0) is 0 Å². The van der Waals surface area contributed by atoms with Crippen molar-refractivity contribution in [2.75, 3.05) is 43.4 Å². The molecule has 0 unspecified atom stereocenters. The molecular formula is C20H21FN4O. The molecule has 1 aliphatic heterocycles. The fraction of sp³-hybridized carbons (Fsp3) is 0.250. The van der Waals surface area contributed by atoms with Crippen molar-refractivity contribution in [2.24, 2.45) is 0 Å². The molecule has 2 aromatic heterocycles. The van der Waals surface area contributed by atoms with Crippen molar-refractivity contribution in [1.82, 2.24) is 9.30 Å². The number of rotatable bonds is 3. The number of aromatic nitrogens is 1. The molecule has 26 heavy (non-hydrogen) atoms. The smallest absolute Gasteiger partial charge is 0.257 e. The van der Waals surface area contributed by atoms with Gasteiger partial charge in [-0.15, -0.1) is 0 Å². The summed E-state index contributed by atoms with van der Waals surface area (Å²) < 4.78 is 15.1. The lowest BCUT2D eigenvalue weighted by molar-refractivity contribution is 0.102. The zero-order valence-corrected chi connectivity index (χ0v) is 14.7. The second kappa shape index (κ2) is 6.80. The summed E-state index contributed by atoms with van der Waals surface area (Å²) in [7, 11) is 2.13. The van der Waals surface area contributed by atoms with Crippen molar-refractivity contribution >= 4 is 22.9 Å². The summed E-state index contributed by atoms with van der Waals surface area (Å²) in [5.41, 5.74) is 2.19. The number of nitrogens with one attached hydrogen (secondary N) is 1. The van der Waals surface area contributed by atoms with Crippen LogP contribution < -0.4 is 10.2 Å². The van der Waals surface area contributed by atoms with Crippen molar-refractivity contribution in [1.29, 1.82) is 0 Å². The quantitative estimate of drug-likeness (QED) is 0.787. The van der Waals surface area contributed by atoms with Crippen LogP contribution in [-0.4, -0.2) is 48.4 Å². The molecule has 1 N–H and O–H groups in total. The van der Waals surface area contributed by atoms with Gasteiger partial charge in [-0.05, 0) is 55.6 Å². The van der Waals surface area contributed by atoms with Crippen molar-refractivity contribution in [2.45, 2.75) is 0 Å². The Labute approximate surface area is 151 Å². The SMILES string of the molecule is CN1CCN(c2ccc3ccc(C(=O)Nc4ccc(F)cc4)cn23)CC1. The fourth-order valence-electron chi connectivity index (χ4n) is 3.25. The predicted molar refractivity (Wildman–Crippen MR) is 101 cm³/mol. The van der Waals surface area contributed by atoms with Crippen LogP contribution >= 0.6 is 0 Å². The highest BCUT2D eigenvalue weighted by molar-refractivity contribution is 6.04. The van der Waals surface area contributed by atoms with Gasteiger partial charge in [-0.3, -0.25) is 4.79 Å². The van der Waals surface area contributed by atoms with Gasteiger partial charge in [0.2, 0.25) is 0 Å². The average molecular weight is 352 g/mol. The maximum Gasteiger partial charge on any atom is 0.257 e. The van der Waals surface area contributed by atoms with Gasteiger partial charge in [0.05, 0.1) is 5.56 Å². The highest BCUT2D eigenvalue weighted by Gasteiger charge is 2.17. The van der Waals surface area contributed by atoms with Crippen LogP contribution in [0.25, 0.3) is 5.52 Å². The van der Waals surface area contributed by atoms with Crippen LogP contribution in [0.5, 0.6) is 0 Å². The summed E-state index contributed by atoms with van der Waals surface area (Å²) >= 11 is 0.